The van der Waals surface area contributed by atoms with Crippen LogP contribution in [0.3, 0.4) is 0 Å². The van der Waals surface area contributed by atoms with E-state index in [1.54, 1.807) is 0 Å². The molecule has 0 spiro atoms. The fourth-order valence-electron chi connectivity index (χ4n) is 4.12. The number of hydrogen-bond donors (Lipinski definition) is 1. The van der Waals surface area contributed by atoms with Gasteiger partial charge in [-0.3, -0.25) is 0 Å². The van der Waals surface area contributed by atoms with Gasteiger partial charge in [0.25, 0.3) is 0 Å². The number of benzene rings is 1. The molecule has 0 amide bonds. The van der Waals surface area contributed by atoms with Crippen molar-refractivity contribution in [1.82, 2.24) is 0 Å². The molecule has 0 atom stereocenters. The second-order valence-corrected chi connectivity index (χ2v) is 7.51. The van der Waals surface area contributed by atoms with Crippen LogP contribution >= 0.6 is 0 Å². The Morgan fingerprint density at radius 1 is 0.947 bits per heavy atom. The Morgan fingerprint density at radius 3 is 1.95 bits per heavy atom. The Kier molecular flexibility index (Phi) is 3.25. The highest BCUT2D eigenvalue weighted by Gasteiger charge is 2.48. The lowest BCUT2D eigenvalue weighted by Crippen LogP contribution is -2.44. The molecule has 1 nitrogen and oxygen atoms in total. The highest BCUT2D eigenvalue weighted by Crippen LogP contribution is 2.54. The maximum absolute atomic E-state index is 14.0. The topological polar surface area (TPSA) is 20.2 Å². The summed E-state index contributed by atoms with van der Waals surface area (Å²) in [6, 6.07) is 3.44. The Balaban J connectivity index is 2.46. The van der Waals surface area contributed by atoms with Crippen molar-refractivity contribution in [1.29, 1.82) is 0 Å². The second kappa shape index (κ2) is 4.27. The molecule has 1 aromatic carbocycles. The second-order valence-electron chi connectivity index (χ2n) is 7.51. The molecule has 1 saturated carbocycles. The molecule has 1 N–H and O–H groups in total. The molecule has 0 saturated heterocycles. The highest BCUT2D eigenvalue weighted by molar-refractivity contribution is 5.27. The van der Waals surface area contributed by atoms with Gasteiger partial charge >= 0.3 is 0 Å². The van der Waals surface area contributed by atoms with Gasteiger partial charge in [-0.25, -0.2) is 8.78 Å². The predicted molar refractivity (Wildman–Crippen MR) is 71.7 cm³/mol. The summed E-state index contributed by atoms with van der Waals surface area (Å²) >= 11 is 0. The quantitative estimate of drug-likeness (QED) is 0.801. The standard InChI is InChI=1S/C16H22F2O/c1-14(2)8-15(3,4)10-16(19,9-14)12-6-5-11(17)7-13(12)18/h5-7,19H,8-10H2,1-4H3. The van der Waals surface area contributed by atoms with Crippen molar-refractivity contribution in [3.8, 4) is 0 Å². The Labute approximate surface area is 113 Å². The average Bonchev–Trinajstić information content (AvgIpc) is 2.09. The molecular weight excluding hydrogens is 246 g/mol. The third kappa shape index (κ3) is 2.97. The number of rotatable bonds is 1. The zero-order valence-electron chi connectivity index (χ0n) is 12.1. The van der Waals surface area contributed by atoms with Crippen LogP contribution in [0.4, 0.5) is 8.78 Å². The summed E-state index contributed by atoms with van der Waals surface area (Å²) in [5.74, 6) is -1.27. The van der Waals surface area contributed by atoms with Gasteiger partial charge in [-0.1, -0.05) is 33.8 Å². The normalized spacial score (nSPS) is 24.2. The Bertz CT molecular complexity index is 476. The predicted octanol–water partition coefficient (Wildman–Crippen LogP) is 4.39. The van der Waals surface area contributed by atoms with Crippen LogP contribution in [-0.4, -0.2) is 5.11 Å². The van der Waals surface area contributed by atoms with Crippen molar-refractivity contribution < 1.29 is 13.9 Å². The van der Waals surface area contributed by atoms with Crippen LogP contribution in [0.2, 0.25) is 0 Å². The van der Waals surface area contributed by atoms with Gasteiger partial charge in [-0.15, -0.1) is 0 Å². The lowest BCUT2D eigenvalue weighted by Gasteiger charge is -2.49. The van der Waals surface area contributed by atoms with Crippen LogP contribution in [0.5, 0.6) is 0 Å². The summed E-state index contributed by atoms with van der Waals surface area (Å²) in [6.07, 6.45) is 1.96. The van der Waals surface area contributed by atoms with Crippen LogP contribution < -0.4 is 0 Å². The lowest BCUT2D eigenvalue weighted by molar-refractivity contribution is -0.0931. The maximum Gasteiger partial charge on any atom is 0.132 e. The minimum atomic E-state index is -1.22. The first-order valence-corrected chi connectivity index (χ1v) is 6.71. The maximum atomic E-state index is 14.0. The van der Waals surface area contributed by atoms with E-state index in [2.05, 4.69) is 27.7 Å². The van der Waals surface area contributed by atoms with Gasteiger partial charge in [0.1, 0.15) is 11.6 Å². The molecule has 0 heterocycles. The van der Waals surface area contributed by atoms with Gasteiger partial charge < -0.3 is 5.11 Å². The van der Waals surface area contributed by atoms with Gasteiger partial charge in [0, 0.05) is 11.6 Å². The highest BCUT2D eigenvalue weighted by atomic mass is 19.1. The van der Waals surface area contributed by atoms with E-state index in [9.17, 15) is 13.9 Å². The molecular formula is C16H22F2O. The third-order valence-corrected chi connectivity index (χ3v) is 3.93. The van der Waals surface area contributed by atoms with Gasteiger partial charge in [0.15, 0.2) is 0 Å². The van der Waals surface area contributed by atoms with Crippen LogP contribution in [0.15, 0.2) is 18.2 Å². The monoisotopic (exact) mass is 268 g/mol. The van der Waals surface area contributed by atoms with E-state index in [4.69, 9.17) is 0 Å². The zero-order valence-corrected chi connectivity index (χ0v) is 12.1. The van der Waals surface area contributed by atoms with Crippen molar-refractivity contribution >= 4 is 0 Å². The van der Waals surface area contributed by atoms with Gasteiger partial charge in [0.2, 0.25) is 0 Å². The minimum absolute atomic E-state index is 0.0721. The van der Waals surface area contributed by atoms with E-state index < -0.39 is 17.2 Å². The molecule has 0 unspecified atom stereocenters. The molecule has 1 aliphatic rings. The van der Waals surface area contributed by atoms with E-state index >= 15 is 0 Å². The van der Waals surface area contributed by atoms with Crippen LogP contribution in [0.25, 0.3) is 0 Å². The molecule has 0 radical (unpaired) electrons. The molecule has 0 bridgehead atoms. The summed E-state index contributed by atoms with van der Waals surface area (Å²) in [5.41, 5.74) is -1.15. The van der Waals surface area contributed by atoms with Crippen LogP contribution in [0.1, 0.15) is 52.5 Å². The fraction of sp³-hybridized carbons (Fsp3) is 0.625. The van der Waals surface area contributed by atoms with E-state index in [1.807, 2.05) is 0 Å². The first-order valence-electron chi connectivity index (χ1n) is 6.71. The lowest BCUT2D eigenvalue weighted by atomic mass is 9.58. The Morgan fingerprint density at radius 2 is 1.47 bits per heavy atom. The minimum Gasteiger partial charge on any atom is -0.385 e. The van der Waals surface area contributed by atoms with Crippen molar-refractivity contribution in [2.45, 2.75) is 52.6 Å². The third-order valence-electron chi connectivity index (χ3n) is 3.93. The van der Waals surface area contributed by atoms with Crippen LogP contribution in [0, 0.1) is 22.5 Å². The number of halogens is 2. The van der Waals surface area contributed by atoms with Crippen molar-refractivity contribution in [3.05, 3.63) is 35.4 Å². The van der Waals surface area contributed by atoms with Crippen molar-refractivity contribution in [2.75, 3.05) is 0 Å². The summed E-state index contributed by atoms with van der Waals surface area (Å²) in [5, 5.41) is 10.9. The molecule has 106 valence electrons. The summed E-state index contributed by atoms with van der Waals surface area (Å²) < 4.78 is 27.0. The summed E-state index contributed by atoms with van der Waals surface area (Å²) in [6.45, 7) is 8.33. The summed E-state index contributed by atoms with van der Waals surface area (Å²) in [4.78, 5) is 0. The Hall–Kier alpha value is -0.960. The molecule has 0 aliphatic heterocycles. The SMILES string of the molecule is CC1(C)CC(C)(C)CC(O)(c2ccc(F)cc2F)C1. The first kappa shape index (κ1) is 14.4. The van der Waals surface area contributed by atoms with Gasteiger partial charge in [-0.2, -0.15) is 0 Å². The van der Waals surface area contributed by atoms with Gasteiger partial charge in [-0.05, 0) is 36.2 Å². The molecule has 1 fully saturated rings. The van der Waals surface area contributed by atoms with Crippen molar-refractivity contribution in [3.63, 3.8) is 0 Å². The van der Waals surface area contributed by atoms with Gasteiger partial charge in [0.05, 0.1) is 5.60 Å². The molecule has 1 aliphatic carbocycles. The summed E-state index contributed by atoms with van der Waals surface area (Å²) in [7, 11) is 0. The van der Waals surface area contributed by atoms with E-state index in [-0.39, 0.29) is 16.4 Å². The van der Waals surface area contributed by atoms with Crippen LogP contribution in [-0.2, 0) is 5.60 Å². The molecule has 19 heavy (non-hydrogen) atoms. The molecule has 0 aromatic heterocycles. The molecule has 2 rings (SSSR count). The largest absolute Gasteiger partial charge is 0.385 e. The smallest absolute Gasteiger partial charge is 0.132 e. The van der Waals surface area contributed by atoms with E-state index in [0.29, 0.717) is 12.8 Å². The first-order chi connectivity index (χ1) is 8.53. The van der Waals surface area contributed by atoms with Crippen molar-refractivity contribution in [2.24, 2.45) is 10.8 Å². The zero-order chi connectivity index (χ0) is 14.5. The average molecular weight is 268 g/mol. The number of aliphatic hydroxyl groups is 1. The van der Waals surface area contributed by atoms with E-state index in [0.717, 1.165) is 12.5 Å². The molecule has 1 aromatic rings. The van der Waals surface area contributed by atoms with E-state index in [1.165, 1.54) is 12.1 Å². The molecule has 3 heteroatoms. The fourth-order valence-corrected chi connectivity index (χ4v) is 4.12. The number of hydrogen-bond acceptors (Lipinski definition) is 1.